The average molecular weight is 506 g/mol. The smallest absolute Gasteiger partial charge is 0.257 e. The summed E-state index contributed by atoms with van der Waals surface area (Å²) in [5.74, 6) is 0.831. The zero-order chi connectivity index (χ0) is 23.3. The van der Waals surface area contributed by atoms with Gasteiger partial charge in [0.1, 0.15) is 5.82 Å². The summed E-state index contributed by atoms with van der Waals surface area (Å²) >= 11 is 3.00. The molecule has 0 unspecified atom stereocenters. The lowest BCUT2D eigenvalue weighted by atomic mass is 10.2. The molecule has 10 heteroatoms. The summed E-state index contributed by atoms with van der Waals surface area (Å²) in [5, 5.41) is 5.15. The Hall–Kier alpha value is -2.27. The van der Waals surface area contributed by atoms with E-state index in [1.54, 1.807) is 23.9 Å². The maximum Gasteiger partial charge on any atom is 0.257 e. The maximum atomic E-state index is 13.0. The zero-order valence-electron chi connectivity index (χ0n) is 17.9. The average Bonchev–Trinajstić information content (AvgIpc) is 3.28. The van der Waals surface area contributed by atoms with E-state index >= 15 is 0 Å². The number of piperidine rings is 1. The van der Waals surface area contributed by atoms with Gasteiger partial charge in [0.25, 0.3) is 5.91 Å². The van der Waals surface area contributed by atoms with Gasteiger partial charge in [0.15, 0.2) is 5.13 Å². The lowest BCUT2D eigenvalue weighted by Gasteiger charge is -2.25. The molecule has 0 atom stereocenters. The second-order valence-corrected chi connectivity index (χ2v) is 11.5. The van der Waals surface area contributed by atoms with Crippen LogP contribution in [0.4, 0.5) is 9.52 Å². The van der Waals surface area contributed by atoms with Crippen molar-refractivity contribution in [2.45, 2.75) is 35.7 Å². The van der Waals surface area contributed by atoms with Crippen LogP contribution < -0.4 is 5.32 Å². The van der Waals surface area contributed by atoms with E-state index in [0.29, 0.717) is 29.5 Å². The first-order valence-corrected chi connectivity index (χ1v) is 14.1. The molecule has 1 N–H and O–H groups in total. The number of rotatable bonds is 8. The summed E-state index contributed by atoms with van der Waals surface area (Å²) in [5.41, 5.74) is 2.26. The summed E-state index contributed by atoms with van der Waals surface area (Å²) in [6, 6.07) is 12.4. The maximum absolute atomic E-state index is 13.0. The summed E-state index contributed by atoms with van der Waals surface area (Å²) < 4.78 is 40.0. The highest BCUT2D eigenvalue weighted by Gasteiger charge is 2.26. The monoisotopic (exact) mass is 505 g/mol. The van der Waals surface area contributed by atoms with Gasteiger partial charge in [-0.05, 0) is 54.8 Å². The SMILES string of the molecule is O=C(Nc1nc(CSCc2ccc(F)cc2)cs1)c1ccc(S(=O)(=O)N2CCCCC2)cc1. The van der Waals surface area contributed by atoms with Gasteiger partial charge in [0, 0.05) is 35.5 Å². The van der Waals surface area contributed by atoms with Gasteiger partial charge in [0.05, 0.1) is 10.6 Å². The summed E-state index contributed by atoms with van der Waals surface area (Å²) in [6.45, 7) is 1.08. The van der Waals surface area contributed by atoms with Gasteiger partial charge < -0.3 is 0 Å². The molecule has 1 saturated heterocycles. The van der Waals surface area contributed by atoms with Crippen molar-refractivity contribution in [3.63, 3.8) is 0 Å². The Labute approximate surface area is 201 Å². The number of hydrogen-bond acceptors (Lipinski definition) is 6. The summed E-state index contributed by atoms with van der Waals surface area (Å²) in [4.78, 5) is 17.2. The van der Waals surface area contributed by atoms with Crippen LogP contribution in [-0.4, -0.2) is 36.7 Å². The van der Waals surface area contributed by atoms with Gasteiger partial charge in [-0.1, -0.05) is 18.6 Å². The number of thioether (sulfide) groups is 1. The first-order valence-electron chi connectivity index (χ1n) is 10.6. The number of carbonyl (C=O) groups excluding carboxylic acids is 1. The molecule has 0 saturated carbocycles. The minimum absolute atomic E-state index is 0.204. The third-order valence-corrected chi connectivity index (χ3v) is 9.03. The molecule has 174 valence electrons. The third kappa shape index (κ3) is 6.20. The number of thiazole rings is 1. The number of nitrogens with one attached hydrogen (secondary N) is 1. The molecule has 0 bridgehead atoms. The van der Waals surface area contributed by atoms with Crippen molar-refractivity contribution in [1.82, 2.24) is 9.29 Å². The quantitative estimate of drug-likeness (QED) is 0.458. The standard InChI is InChI=1S/C23H24FN3O3S3/c24-19-8-4-17(5-9-19)14-31-15-20-16-32-23(25-20)26-22(28)18-6-10-21(11-7-18)33(29,30)27-12-2-1-3-13-27/h4-11,16H,1-3,12-15H2,(H,25,26,28). The van der Waals surface area contributed by atoms with Crippen molar-refractivity contribution >= 4 is 44.2 Å². The van der Waals surface area contributed by atoms with Gasteiger partial charge in [-0.3, -0.25) is 10.1 Å². The van der Waals surface area contributed by atoms with Crippen LogP contribution >= 0.6 is 23.1 Å². The molecule has 6 nitrogen and oxygen atoms in total. The second-order valence-electron chi connectivity index (χ2n) is 7.71. The fraction of sp³-hybridized carbons (Fsp3) is 0.304. The van der Waals surface area contributed by atoms with Gasteiger partial charge in [-0.2, -0.15) is 16.1 Å². The fourth-order valence-corrected chi connectivity index (χ4v) is 6.70. The molecule has 0 radical (unpaired) electrons. The molecule has 1 fully saturated rings. The first-order chi connectivity index (χ1) is 15.9. The highest BCUT2D eigenvalue weighted by atomic mass is 32.2. The Morgan fingerprint density at radius 2 is 1.73 bits per heavy atom. The van der Waals surface area contributed by atoms with Crippen LogP contribution in [0.1, 0.15) is 40.9 Å². The molecular formula is C23H24FN3O3S3. The Balaban J connectivity index is 1.31. The van der Waals surface area contributed by atoms with Crippen molar-refractivity contribution in [2.75, 3.05) is 18.4 Å². The third-order valence-electron chi connectivity index (χ3n) is 5.27. The van der Waals surface area contributed by atoms with E-state index in [1.165, 1.54) is 52.0 Å². The van der Waals surface area contributed by atoms with Crippen molar-refractivity contribution in [3.8, 4) is 0 Å². The van der Waals surface area contributed by atoms with Gasteiger partial charge in [-0.15, -0.1) is 11.3 Å². The molecule has 0 spiro atoms. The number of anilines is 1. The number of carbonyl (C=O) groups is 1. The largest absolute Gasteiger partial charge is 0.298 e. The van der Waals surface area contributed by atoms with E-state index in [0.717, 1.165) is 36.3 Å². The normalized spacial score (nSPS) is 14.8. The van der Waals surface area contributed by atoms with Crippen LogP contribution in [0.25, 0.3) is 0 Å². The van der Waals surface area contributed by atoms with E-state index in [9.17, 15) is 17.6 Å². The van der Waals surface area contributed by atoms with E-state index in [1.807, 2.05) is 5.38 Å². The Morgan fingerprint density at radius 3 is 2.42 bits per heavy atom. The van der Waals surface area contributed by atoms with E-state index in [-0.39, 0.29) is 16.6 Å². The van der Waals surface area contributed by atoms with Gasteiger partial charge in [-0.25, -0.2) is 17.8 Å². The van der Waals surface area contributed by atoms with E-state index < -0.39 is 10.0 Å². The number of nitrogens with zero attached hydrogens (tertiary/aromatic N) is 2. The molecule has 1 amide bonds. The molecule has 1 aromatic heterocycles. The molecule has 0 aliphatic carbocycles. The zero-order valence-corrected chi connectivity index (χ0v) is 20.3. The number of halogens is 1. The predicted molar refractivity (Wildman–Crippen MR) is 131 cm³/mol. The Kier molecular flexibility index (Phi) is 7.79. The molecule has 3 aromatic rings. The molecule has 4 rings (SSSR count). The van der Waals surface area contributed by atoms with Crippen LogP contribution in [0, 0.1) is 5.82 Å². The Morgan fingerprint density at radius 1 is 1.03 bits per heavy atom. The molecule has 2 heterocycles. The van der Waals surface area contributed by atoms with Crippen molar-refractivity contribution in [2.24, 2.45) is 0 Å². The van der Waals surface area contributed by atoms with Crippen molar-refractivity contribution in [1.29, 1.82) is 0 Å². The number of sulfonamides is 1. The minimum Gasteiger partial charge on any atom is -0.298 e. The van der Waals surface area contributed by atoms with Crippen LogP contribution in [0.3, 0.4) is 0 Å². The number of amides is 1. The highest BCUT2D eigenvalue weighted by molar-refractivity contribution is 7.97. The fourth-order valence-electron chi connectivity index (χ4n) is 3.49. The number of hydrogen-bond donors (Lipinski definition) is 1. The highest BCUT2D eigenvalue weighted by Crippen LogP contribution is 2.24. The minimum atomic E-state index is -3.52. The Bertz CT molecular complexity index is 1190. The first kappa shape index (κ1) is 23.9. The summed E-state index contributed by atoms with van der Waals surface area (Å²) in [6.07, 6.45) is 2.80. The number of aromatic nitrogens is 1. The predicted octanol–water partition coefficient (Wildman–Crippen LogP) is 5.14. The van der Waals surface area contributed by atoms with Crippen LogP contribution in [0.15, 0.2) is 58.8 Å². The van der Waals surface area contributed by atoms with Crippen molar-refractivity contribution < 1.29 is 17.6 Å². The van der Waals surface area contributed by atoms with Crippen LogP contribution in [-0.2, 0) is 21.5 Å². The molecule has 33 heavy (non-hydrogen) atoms. The number of benzene rings is 2. The molecular weight excluding hydrogens is 481 g/mol. The van der Waals surface area contributed by atoms with Crippen molar-refractivity contribution in [3.05, 3.63) is 76.5 Å². The second kappa shape index (κ2) is 10.8. The van der Waals surface area contributed by atoms with E-state index in [2.05, 4.69) is 10.3 Å². The van der Waals surface area contributed by atoms with E-state index in [4.69, 9.17) is 0 Å². The lowest BCUT2D eigenvalue weighted by molar-refractivity contribution is 0.102. The van der Waals surface area contributed by atoms with Crippen LogP contribution in [0.2, 0.25) is 0 Å². The topological polar surface area (TPSA) is 79.4 Å². The summed E-state index contributed by atoms with van der Waals surface area (Å²) in [7, 11) is -3.52. The lowest BCUT2D eigenvalue weighted by Crippen LogP contribution is -2.35. The van der Waals surface area contributed by atoms with Gasteiger partial charge in [0.2, 0.25) is 10.0 Å². The van der Waals surface area contributed by atoms with Gasteiger partial charge >= 0.3 is 0 Å². The van der Waals surface area contributed by atoms with Crippen LogP contribution in [0.5, 0.6) is 0 Å². The molecule has 1 aliphatic heterocycles. The molecule has 1 aliphatic rings. The molecule has 2 aromatic carbocycles.